The van der Waals surface area contributed by atoms with E-state index < -0.39 is 0 Å². The summed E-state index contributed by atoms with van der Waals surface area (Å²) in [5.41, 5.74) is 1.42. The molecule has 1 saturated carbocycles. The number of benzene rings is 1. The van der Waals surface area contributed by atoms with E-state index in [1.165, 1.54) is 18.7 Å². The third kappa shape index (κ3) is 2.59. The summed E-state index contributed by atoms with van der Waals surface area (Å²) < 4.78 is 0. The van der Waals surface area contributed by atoms with Gasteiger partial charge in [0.1, 0.15) is 0 Å². The number of hydrogen-bond donors (Lipinski definition) is 2. The molecule has 1 aromatic rings. The average Bonchev–Trinajstić information content (AvgIpc) is 2.89. The fourth-order valence-electron chi connectivity index (χ4n) is 3.20. The van der Waals surface area contributed by atoms with Crippen molar-refractivity contribution in [2.75, 3.05) is 27.2 Å². The average molecular weight is 258 g/mol. The minimum Gasteiger partial charge on any atom is -0.359 e. The summed E-state index contributed by atoms with van der Waals surface area (Å²) in [6.45, 7) is 3.50. The largest absolute Gasteiger partial charge is 0.359 e. The summed E-state index contributed by atoms with van der Waals surface area (Å²) in [4.78, 5) is 6.74. The van der Waals surface area contributed by atoms with Gasteiger partial charge in [0.15, 0.2) is 5.96 Å². The molecule has 19 heavy (non-hydrogen) atoms. The molecular weight excluding hydrogens is 236 g/mol. The van der Waals surface area contributed by atoms with Gasteiger partial charge < -0.3 is 10.6 Å². The lowest BCUT2D eigenvalue weighted by Crippen LogP contribution is -2.40. The first-order valence-electron chi connectivity index (χ1n) is 6.99. The Morgan fingerprint density at radius 3 is 2.53 bits per heavy atom. The Kier molecular flexibility index (Phi) is 3.42. The van der Waals surface area contributed by atoms with E-state index >= 15 is 0 Å². The standard InChI is InChI=1S/C15H22N4/c1-16-15(17-2)18-14-12-9-19(10-13(12)14)8-11-6-4-3-5-7-11/h3-7,12-14H,8-10H2,1-2H3,(H2,16,17,18). The number of rotatable bonds is 3. The smallest absolute Gasteiger partial charge is 0.190 e. The van der Waals surface area contributed by atoms with E-state index in [-0.39, 0.29) is 0 Å². The van der Waals surface area contributed by atoms with Crippen molar-refractivity contribution in [3.63, 3.8) is 0 Å². The number of piperidine rings is 1. The number of nitrogens with one attached hydrogen (secondary N) is 2. The Morgan fingerprint density at radius 1 is 1.26 bits per heavy atom. The maximum atomic E-state index is 4.18. The van der Waals surface area contributed by atoms with E-state index in [2.05, 4.69) is 50.9 Å². The molecule has 3 rings (SSSR count). The molecule has 2 aliphatic rings. The molecule has 0 radical (unpaired) electrons. The van der Waals surface area contributed by atoms with E-state index in [9.17, 15) is 0 Å². The highest BCUT2D eigenvalue weighted by Gasteiger charge is 2.55. The van der Waals surface area contributed by atoms with Crippen LogP contribution in [-0.2, 0) is 6.54 Å². The molecule has 2 unspecified atom stereocenters. The number of guanidine groups is 1. The number of likely N-dealkylation sites (tertiary alicyclic amines) is 1. The predicted molar refractivity (Wildman–Crippen MR) is 78.0 cm³/mol. The maximum absolute atomic E-state index is 4.18. The third-order valence-electron chi connectivity index (χ3n) is 4.28. The van der Waals surface area contributed by atoms with E-state index in [0.717, 1.165) is 24.3 Å². The maximum Gasteiger partial charge on any atom is 0.190 e. The third-order valence-corrected chi connectivity index (χ3v) is 4.28. The highest BCUT2D eigenvalue weighted by atomic mass is 15.3. The van der Waals surface area contributed by atoms with Crippen LogP contribution in [0.5, 0.6) is 0 Å². The Labute approximate surface area is 114 Å². The quantitative estimate of drug-likeness (QED) is 0.625. The SMILES string of the molecule is CN=C(NC)NC1C2CN(Cc3ccccc3)CC21. The molecule has 0 spiro atoms. The molecule has 1 aliphatic carbocycles. The van der Waals surface area contributed by atoms with Gasteiger partial charge in [0.05, 0.1) is 0 Å². The van der Waals surface area contributed by atoms with Gasteiger partial charge in [0, 0.05) is 39.8 Å². The number of aliphatic imine (C=N–C) groups is 1. The Morgan fingerprint density at radius 2 is 1.95 bits per heavy atom. The molecule has 2 fully saturated rings. The van der Waals surface area contributed by atoms with Crippen LogP contribution >= 0.6 is 0 Å². The Bertz CT molecular complexity index is 444. The molecule has 4 heteroatoms. The van der Waals surface area contributed by atoms with Gasteiger partial charge >= 0.3 is 0 Å². The molecule has 1 aromatic carbocycles. The monoisotopic (exact) mass is 258 g/mol. The van der Waals surface area contributed by atoms with Crippen molar-refractivity contribution in [1.29, 1.82) is 0 Å². The predicted octanol–water partition coefficient (Wildman–Crippen LogP) is 0.912. The fraction of sp³-hybridized carbons (Fsp3) is 0.533. The molecule has 0 bridgehead atoms. The highest BCUT2D eigenvalue weighted by molar-refractivity contribution is 5.80. The lowest BCUT2D eigenvalue weighted by molar-refractivity contribution is 0.286. The van der Waals surface area contributed by atoms with Crippen LogP contribution in [0.1, 0.15) is 5.56 Å². The zero-order chi connectivity index (χ0) is 13.2. The first kappa shape index (κ1) is 12.5. The van der Waals surface area contributed by atoms with Crippen LogP contribution in [0, 0.1) is 11.8 Å². The summed E-state index contributed by atoms with van der Waals surface area (Å²) in [5, 5.41) is 6.58. The van der Waals surface area contributed by atoms with Crippen LogP contribution in [0.2, 0.25) is 0 Å². The molecular formula is C15H22N4. The van der Waals surface area contributed by atoms with Gasteiger partial charge in [-0.2, -0.15) is 0 Å². The van der Waals surface area contributed by atoms with Crippen molar-refractivity contribution in [3.8, 4) is 0 Å². The fourth-order valence-corrected chi connectivity index (χ4v) is 3.20. The topological polar surface area (TPSA) is 39.7 Å². The minimum absolute atomic E-state index is 0.623. The molecule has 1 saturated heterocycles. The van der Waals surface area contributed by atoms with E-state index in [1.807, 2.05) is 14.1 Å². The van der Waals surface area contributed by atoms with Gasteiger partial charge in [-0.25, -0.2) is 0 Å². The summed E-state index contributed by atoms with van der Waals surface area (Å²) in [5.74, 6) is 2.51. The molecule has 2 atom stereocenters. The molecule has 0 aromatic heterocycles. The summed E-state index contributed by atoms with van der Waals surface area (Å²) in [7, 11) is 3.73. The van der Waals surface area contributed by atoms with E-state index in [4.69, 9.17) is 0 Å². The van der Waals surface area contributed by atoms with Crippen molar-refractivity contribution in [3.05, 3.63) is 35.9 Å². The van der Waals surface area contributed by atoms with Crippen LogP contribution in [0.25, 0.3) is 0 Å². The van der Waals surface area contributed by atoms with Crippen molar-refractivity contribution in [1.82, 2.24) is 15.5 Å². The minimum atomic E-state index is 0.623. The summed E-state index contributed by atoms with van der Waals surface area (Å²) in [6.07, 6.45) is 0. The van der Waals surface area contributed by atoms with Crippen LogP contribution in [0.15, 0.2) is 35.3 Å². The Hall–Kier alpha value is -1.55. The molecule has 1 aliphatic heterocycles. The summed E-state index contributed by atoms with van der Waals surface area (Å²) >= 11 is 0. The highest BCUT2D eigenvalue weighted by Crippen LogP contribution is 2.45. The second-order valence-corrected chi connectivity index (χ2v) is 5.50. The first-order valence-corrected chi connectivity index (χ1v) is 6.99. The van der Waals surface area contributed by atoms with Crippen LogP contribution in [0.3, 0.4) is 0 Å². The van der Waals surface area contributed by atoms with Gasteiger partial charge in [-0.1, -0.05) is 30.3 Å². The lowest BCUT2D eigenvalue weighted by atomic mass is 10.2. The van der Waals surface area contributed by atoms with Gasteiger partial charge in [-0.05, 0) is 17.4 Å². The van der Waals surface area contributed by atoms with Gasteiger partial charge in [0.2, 0.25) is 0 Å². The van der Waals surface area contributed by atoms with Crippen LogP contribution < -0.4 is 10.6 Å². The van der Waals surface area contributed by atoms with Crippen molar-refractivity contribution >= 4 is 5.96 Å². The molecule has 1 heterocycles. The van der Waals surface area contributed by atoms with Crippen molar-refractivity contribution < 1.29 is 0 Å². The molecule has 0 amide bonds. The zero-order valence-corrected chi connectivity index (χ0v) is 11.6. The lowest BCUT2D eigenvalue weighted by Gasteiger charge is -2.20. The van der Waals surface area contributed by atoms with Crippen molar-refractivity contribution in [2.24, 2.45) is 16.8 Å². The second-order valence-electron chi connectivity index (χ2n) is 5.50. The van der Waals surface area contributed by atoms with Gasteiger partial charge in [-0.3, -0.25) is 9.89 Å². The van der Waals surface area contributed by atoms with E-state index in [0.29, 0.717) is 6.04 Å². The van der Waals surface area contributed by atoms with Crippen LogP contribution in [-0.4, -0.2) is 44.1 Å². The van der Waals surface area contributed by atoms with Crippen molar-refractivity contribution in [2.45, 2.75) is 12.6 Å². The van der Waals surface area contributed by atoms with E-state index in [1.54, 1.807) is 0 Å². The van der Waals surface area contributed by atoms with Crippen LogP contribution in [0.4, 0.5) is 0 Å². The molecule has 2 N–H and O–H groups in total. The van der Waals surface area contributed by atoms with Gasteiger partial charge in [0.25, 0.3) is 0 Å². The summed E-state index contributed by atoms with van der Waals surface area (Å²) in [6, 6.07) is 11.4. The number of fused-ring (bicyclic) bond motifs is 1. The second kappa shape index (κ2) is 5.21. The molecule has 4 nitrogen and oxygen atoms in total. The normalized spacial score (nSPS) is 30.0. The number of hydrogen-bond acceptors (Lipinski definition) is 2. The first-order chi connectivity index (χ1) is 9.31. The number of nitrogens with zero attached hydrogens (tertiary/aromatic N) is 2. The van der Waals surface area contributed by atoms with Gasteiger partial charge in [-0.15, -0.1) is 0 Å². The zero-order valence-electron chi connectivity index (χ0n) is 11.6. The Balaban J connectivity index is 1.48. The molecule has 102 valence electrons.